The number of urea groups is 1. The number of amides is 3. The van der Waals surface area contributed by atoms with Gasteiger partial charge in [-0.1, -0.05) is 30.3 Å². The van der Waals surface area contributed by atoms with Crippen LogP contribution in [0.2, 0.25) is 0 Å². The van der Waals surface area contributed by atoms with Gasteiger partial charge in [-0.3, -0.25) is 10.1 Å². The van der Waals surface area contributed by atoms with Gasteiger partial charge < -0.3 is 14.6 Å². The number of aromatic nitrogens is 1. The maximum absolute atomic E-state index is 12.8. The first kappa shape index (κ1) is 21.2. The Labute approximate surface area is 165 Å². The second kappa shape index (κ2) is 9.21. The van der Waals surface area contributed by atoms with Crippen molar-refractivity contribution in [2.75, 3.05) is 6.54 Å². The van der Waals surface area contributed by atoms with E-state index in [9.17, 15) is 14.4 Å². The molecule has 28 heavy (non-hydrogen) atoms. The number of carbonyl (C=O) groups is 3. The van der Waals surface area contributed by atoms with Gasteiger partial charge in [0.25, 0.3) is 5.91 Å². The van der Waals surface area contributed by atoms with E-state index < -0.39 is 24.0 Å². The molecular weight excluding hydrogens is 358 g/mol. The molecule has 2 N–H and O–H groups in total. The van der Waals surface area contributed by atoms with Crippen molar-refractivity contribution in [3.05, 3.63) is 58.9 Å². The number of hydrogen-bond donors (Lipinski definition) is 2. The normalized spacial score (nSPS) is 11.8. The molecule has 7 nitrogen and oxygen atoms in total. The summed E-state index contributed by atoms with van der Waals surface area (Å²) < 4.78 is 7.58. The maximum Gasteiger partial charge on any atom is 0.341 e. The van der Waals surface area contributed by atoms with Crippen LogP contribution >= 0.6 is 0 Å². The van der Waals surface area contributed by atoms with Crippen LogP contribution in [0.5, 0.6) is 0 Å². The van der Waals surface area contributed by atoms with Crippen LogP contribution in [0.25, 0.3) is 0 Å². The Hall–Kier alpha value is -3.09. The van der Waals surface area contributed by atoms with E-state index in [1.54, 1.807) is 43.3 Å². The lowest BCUT2D eigenvalue weighted by molar-refractivity contribution is -0.129. The van der Waals surface area contributed by atoms with Gasteiger partial charge in [0.15, 0.2) is 0 Å². The predicted octanol–water partition coefficient (Wildman–Crippen LogP) is 3.43. The van der Waals surface area contributed by atoms with Gasteiger partial charge in [-0.05, 0) is 40.7 Å². The number of nitrogens with one attached hydrogen (secondary N) is 2. The fraction of sp³-hybridized carbons (Fsp3) is 0.381. The number of benzene rings is 1. The summed E-state index contributed by atoms with van der Waals surface area (Å²) in [6.07, 6.45) is -1.24. The van der Waals surface area contributed by atoms with Gasteiger partial charge in [0.05, 0.1) is 5.56 Å². The zero-order valence-electron chi connectivity index (χ0n) is 16.9. The second-order valence-electron chi connectivity index (χ2n) is 6.79. The molecule has 2 aromatic rings. The fourth-order valence-electron chi connectivity index (χ4n) is 3.23. The molecule has 1 aromatic carbocycles. The molecule has 3 amide bonds. The third-order valence-corrected chi connectivity index (χ3v) is 4.36. The first-order chi connectivity index (χ1) is 13.3. The summed E-state index contributed by atoms with van der Waals surface area (Å²) in [7, 11) is 0. The average Bonchev–Trinajstić information content (AvgIpc) is 2.94. The summed E-state index contributed by atoms with van der Waals surface area (Å²) in [5, 5.41) is 4.70. The van der Waals surface area contributed by atoms with Gasteiger partial charge in [-0.15, -0.1) is 0 Å². The molecule has 1 aromatic heterocycles. The molecule has 1 heterocycles. The van der Waals surface area contributed by atoms with Crippen LogP contribution in [0.15, 0.2) is 36.4 Å². The summed E-state index contributed by atoms with van der Waals surface area (Å²) in [4.78, 5) is 37.2. The molecule has 0 bridgehead atoms. The predicted molar refractivity (Wildman–Crippen MR) is 106 cm³/mol. The lowest BCUT2D eigenvalue weighted by atomic mass is 10.1. The summed E-state index contributed by atoms with van der Waals surface area (Å²) in [5.41, 5.74) is 2.59. The second-order valence-corrected chi connectivity index (χ2v) is 6.79. The highest BCUT2D eigenvalue weighted by molar-refractivity contribution is 5.99. The summed E-state index contributed by atoms with van der Waals surface area (Å²) >= 11 is 0. The molecule has 0 saturated heterocycles. The minimum atomic E-state index is -1.24. The molecule has 0 aliphatic heterocycles. The summed E-state index contributed by atoms with van der Waals surface area (Å²) in [5.74, 6) is -1.32. The van der Waals surface area contributed by atoms with Crippen LogP contribution in [0.4, 0.5) is 4.79 Å². The van der Waals surface area contributed by atoms with Gasteiger partial charge in [-0.25, -0.2) is 9.59 Å². The molecule has 150 valence electrons. The smallest absolute Gasteiger partial charge is 0.341 e. The monoisotopic (exact) mass is 385 g/mol. The van der Waals surface area contributed by atoms with Crippen molar-refractivity contribution in [2.45, 2.75) is 46.8 Å². The van der Waals surface area contributed by atoms with Crippen LogP contribution in [-0.4, -0.2) is 29.0 Å². The van der Waals surface area contributed by atoms with Gasteiger partial charge >= 0.3 is 12.0 Å². The molecule has 0 saturated carbocycles. The third kappa shape index (κ3) is 4.79. The van der Waals surface area contributed by atoms with Crippen molar-refractivity contribution < 1.29 is 19.1 Å². The van der Waals surface area contributed by atoms with E-state index in [4.69, 9.17) is 4.74 Å². The summed E-state index contributed by atoms with van der Waals surface area (Å²) in [6, 6.07) is 9.91. The lowest BCUT2D eigenvalue weighted by Crippen LogP contribution is -2.42. The molecule has 7 heteroatoms. The Balaban J connectivity index is 2.30. The standard InChI is InChI=1S/C21H27N3O4/c1-6-22-21(27)23-19(25)18(16-10-8-7-9-11-16)28-20(26)17-12-14(4)24(13(2)3)15(17)5/h7-13,18H,6H2,1-5H3,(H2,22,23,25,27)/t18-/m1/s1. The first-order valence-corrected chi connectivity index (χ1v) is 9.29. The highest BCUT2D eigenvalue weighted by Crippen LogP contribution is 2.24. The number of nitrogens with zero attached hydrogens (tertiary/aromatic N) is 1. The largest absolute Gasteiger partial charge is 0.444 e. The van der Waals surface area contributed by atoms with Crippen molar-refractivity contribution >= 4 is 17.9 Å². The van der Waals surface area contributed by atoms with Gasteiger partial charge in [0.1, 0.15) is 0 Å². The lowest BCUT2D eigenvalue weighted by Gasteiger charge is -2.18. The molecular formula is C21H27N3O4. The van der Waals surface area contributed by atoms with E-state index in [0.29, 0.717) is 17.7 Å². The minimum Gasteiger partial charge on any atom is -0.444 e. The first-order valence-electron chi connectivity index (χ1n) is 9.29. The van der Waals surface area contributed by atoms with Gasteiger partial charge in [-0.2, -0.15) is 0 Å². The topological polar surface area (TPSA) is 89.4 Å². The highest BCUT2D eigenvalue weighted by atomic mass is 16.5. The van der Waals surface area contributed by atoms with Crippen molar-refractivity contribution in [3.63, 3.8) is 0 Å². The number of hydrogen-bond acceptors (Lipinski definition) is 4. The van der Waals surface area contributed by atoms with Crippen molar-refractivity contribution in [1.82, 2.24) is 15.2 Å². The van der Waals surface area contributed by atoms with Crippen LogP contribution in [-0.2, 0) is 9.53 Å². The maximum atomic E-state index is 12.8. The number of rotatable bonds is 6. The quantitative estimate of drug-likeness (QED) is 0.746. The van der Waals surface area contributed by atoms with Gasteiger partial charge in [0.2, 0.25) is 6.10 Å². The number of imide groups is 1. The molecule has 1 atom stereocenters. The molecule has 0 spiro atoms. The molecule has 2 rings (SSSR count). The molecule has 0 radical (unpaired) electrons. The van der Waals surface area contributed by atoms with Crippen molar-refractivity contribution in [3.8, 4) is 0 Å². The van der Waals surface area contributed by atoms with E-state index in [1.807, 2.05) is 32.3 Å². The zero-order valence-corrected chi connectivity index (χ0v) is 16.9. The van der Waals surface area contributed by atoms with Crippen LogP contribution in [0.1, 0.15) is 60.2 Å². The Kier molecular flexibility index (Phi) is 6.98. The van der Waals surface area contributed by atoms with Crippen molar-refractivity contribution in [1.29, 1.82) is 0 Å². The number of esters is 1. The van der Waals surface area contributed by atoms with Crippen LogP contribution in [0, 0.1) is 13.8 Å². The van der Waals surface area contributed by atoms with Gasteiger partial charge in [0, 0.05) is 29.5 Å². The van der Waals surface area contributed by atoms with E-state index in [0.717, 1.165) is 11.4 Å². The van der Waals surface area contributed by atoms with Crippen LogP contribution in [0.3, 0.4) is 0 Å². The van der Waals surface area contributed by atoms with E-state index in [2.05, 4.69) is 10.6 Å². The Morgan fingerprint density at radius 2 is 1.75 bits per heavy atom. The Morgan fingerprint density at radius 1 is 1.11 bits per heavy atom. The third-order valence-electron chi connectivity index (χ3n) is 4.36. The summed E-state index contributed by atoms with van der Waals surface area (Å²) in [6.45, 7) is 9.93. The zero-order chi connectivity index (χ0) is 20.8. The Bertz CT molecular complexity index is 856. The highest BCUT2D eigenvalue weighted by Gasteiger charge is 2.28. The number of aryl methyl sites for hydroxylation is 1. The molecule has 0 aliphatic carbocycles. The van der Waals surface area contributed by atoms with E-state index in [1.165, 1.54) is 0 Å². The van der Waals surface area contributed by atoms with Crippen LogP contribution < -0.4 is 10.6 Å². The SMILES string of the molecule is CCNC(=O)NC(=O)[C@H](OC(=O)c1cc(C)n(C(C)C)c1C)c1ccccc1. The van der Waals surface area contributed by atoms with Crippen molar-refractivity contribution in [2.24, 2.45) is 0 Å². The van der Waals surface area contributed by atoms with E-state index >= 15 is 0 Å². The molecule has 0 fully saturated rings. The average molecular weight is 385 g/mol. The Morgan fingerprint density at radius 3 is 2.29 bits per heavy atom. The number of carbonyl (C=O) groups excluding carboxylic acids is 3. The fourth-order valence-corrected chi connectivity index (χ4v) is 3.23. The minimum absolute atomic E-state index is 0.188. The molecule has 0 unspecified atom stereocenters. The number of ether oxygens (including phenoxy) is 1. The molecule has 0 aliphatic rings. The van der Waals surface area contributed by atoms with E-state index in [-0.39, 0.29) is 6.04 Å².